The van der Waals surface area contributed by atoms with Gasteiger partial charge < -0.3 is 5.32 Å². The van der Waals surface area contributed by atoms with Gasteiger partial charge in [-0.3, -0.25) is 9.36 Å². The van der Waals surface area contributed by atoms with E-state index in [1.54, 1.807) is 0 Å². The van der Waals surface area contributed by atoms with Gasteiger partial charge in [-0.1, -0.05) is 71.9 Å². The summed E-state index contributed by atoms with van der Waals surface area (Å²) in [5.41, 5.74) is 0.907. The predicted molar refractivity (Wildman–Crippen MR) is 126 cm³/mol. The summed E-state index contributed by atoms with van der Waals surface area (Å²) in [6, 6.07) is 22.5. The van der Waals surface area contributed by atoms with Gasteiger partial charge in [0.05, 0.1) is 16.3 Å². The molecule has 0 fully saturated rings. The molecule has 0 saturated carbocycles. The van der Waals surface area contributed by atoms with Crippen molar-refractivity contribution < 1.29 is 18.0 Å². The molecule has 0 spiro atoms. The quantitative estimate of drug-likeness (QED) is 0.303. The summed E-state index contributed by atoms with van der Waals surface area (Å²) in [6.45, 7) is 0. The standard InChI is InChI=1S/C24H18ClF3N4OS/c25-20-12-11-17(14-19(20)24(26,27)28)29-22(33)15-34-23-31-30-21(13-16-7-3-1-4-8-16)32(23)18-9-5-2-6-10-18/h1-12,14H,13,15H2,(H,29,33). The average Bonchev–Trinajstić information content (AvgIpc) is 3.22. The first-order valence-electron chi connectivity index (χ1n) is 10.1. The fraction of sp³-hybridized carbons (Fsp3) is 0.125. The normalized spacial score (nSPS) is 11.4. The van der Waals surface area contributed by atoms with E-state index in [1.165, 1.54) is 6.07 Å². The number of hydrogen-bond acceptors (Lipinski definition) is 4. The Morgan fingerprint density at radius 2 is 1.65 bits per heavy atom. The van der Waals surface area contributed by atoms with E-state index in [2.05, 4.69) is 15.5 Å². The second-order valence-electron chi connectivity index (χ2n) is 7.26. The summed E-state index contributed by atoms with van der Waals surface area (Å²) in [4.78, 5) is 12.5. The fourth-order valence-electron chi connectivity index (χ4n) is 3.27. The zero-order valence-corrected chi connectivity index (χ0v) is 19.2. The molecular formula is C24H18ClF3N4OS. The van der Waals surface area contributed by atoms with E-state index < -0.39 is 22.7 Å². The fourth-order valence-corrected chi connectivity index (χ4v) is 4.27. The van der Waals surface area contributed by atoms with E-state index in [9.17, 15) is 18.0 Å². The third-order valence-corrected chi connectivity index (χ3v) is 6.07. The Morgan fingerprint density at radius 1 is 0.971 bits per heavy atom. The zero-order chi connectivity index (χ0) is 24.1. The van der Waals surface area contributed by atoms with Crippen molar-refractivity contribution in [3.05, 3.63) is 101 Å². The summed E-state index contributed by atoms with van der Waals surface area (Å²) in [5.74, 6) is 0.154. The van der Waals surface area contributed by atoms with Crippen molar-refractivity contribution in [1.29, 1.82) is 0 Å². The second-order valence-corrected chi connectivity index (χ2v) is 8.61. The largest absolute Gasteiger partial charge is 0.417 e. The smallest absolute Gasteiger partial charge is 0.325 e. The van der Waals surface area contributed by atoms with Gasteiger partial charge in [0, 0.05) is 17.8 Å². The molecule has 1 aromatic heterocycles. The van der Waals surface area contributed by atoms with Gasteiger partial charge in [0.15, 0.2) is 5.16 Å². The molecule has 1 N–H and O–H groups in total. The highest BCUT2D eigenvalue weighted by Gasteiger charge is 2.33. The number of nitrogens with one attached hydrogen (secondary N) is 1. The first kappa shape index (κ1) is 23.8. The highest BCUT2D eigenvalue weighted by Crippen LogP contribution is 2.36. The van der Waals surface area contributed by atoms with Crippen molar-refractivity contribution in [2.45, 2.75) is 17.8 Å². The van der Waals surface area contributed by atoms with Gasteiger partial charge in [-0.25, -0.2) is 0 Å². The molecule has 0 bridgehead atoms. The van der Waals surface area contributed by atoms with Gasteiger partial charge >= 0.3 is 6.18 Å². The number of carbonyl (C=O) groups excluding carboxylic acids is 1. The van der Waals surface area contributed by atoms with E-state index in [4.69, 9.17) is 11.6 Å². The van der Waals surface area contributed by atoms with Crippen LogP contribution in [-0.2, 0) is 17.4 Å². The molecule has 34 heavy (non-hydrogen) atoms. The van der Waals surface area contributed by atoms with Crippen LogP contribution in [0.2, 0.25) is 5.02 Å². The number of alkyl halides is 3. The predicted octanol–water partition coefficient (Wildman–Crippen LogP) is 6.26. The number of rotatable bonds is 7. The van der Waals surface area contributed by atoms with Crippen LogP contribution in [0, 0.1) is 0 Å². The molecule has 3 aromatic carbocycles. The van der Waals surface area contributed by atoms with Crippen LogP contribution in [0.4, 0.5) is 18.9 Å². The van der Waals surface area contributed by atoms with Crippen LogP contribution in [-0.4, -0.2) is 26.4 Å². The minimum absolute atomic E-state index is 0.0108. The van der Waals surface area contributed by atoms with E-state index in [-0.39, 0.29) is 11.4 Å². The average molecular weight is 503 g/mol. The number of carbonyl (C=O) groups is 1. The van der Waals surface area contributed by atoms with Crippen molar-refractivity contribution in [3.8, 4) is 5.69 Å². The molecule has 0 aliphatic heterocycles. The topological polar surface area (TPSA) is 59.8 Å². The maximum Gasteiger partial charge on any atom is 0.417 e. The van der Waals surface area contributed by atoms with Crippen LogP contribution in [0.5, 0.6) is 0 Å². The van der Waals surface area contributed by atoms with Gasteiger partial charge in [-0.2, -0.15) is 13.2 Å². The number of halogens is 4. The molecule has 0 saturated heterocycles. The molecule has 1 heterocycles. The number of amides is 1. The summed E-state index contributed by atoms with van der Waals surface area (Å²) in [5, 5.41) is 11.1. The van der Waals surface area contributed by atoms with Crippen LogP contribution < -0.4 is 5.32 Å². The van der Waals surface area contributed by atoms with Gasteiger partial charge in [0.25, 0.3) is 0 Å². The van der Waals surface area contributed by atoms with Crippen molar-refractivity contribution >= 4 is 35.0 Å². The Bertz CT molecular complexity index is 1280. The second kappa shape index (κ2) is 10.3. The molecule has 4 aromatic rings. The van der Waals surface area contributed by atoms with E-state index in [0.717, 1.165) is 35.1 Å². The lowest BCUT2D eigenvalue weighted by molar-refractivity contribution is -0.137. The van der Waals surface area contributed by atoms with Crippen molar-refractivity contribution in [3.63, 3.8) is 0 Å². The van der Waals surface area contributed by atoms with Crippen molar-refractivity contribution in [2.75, 3.05) is 11.1 Å². The highest BCUT2D eigenvalue weighted by atomic mass is 35.5. The lowest BCUT2D eigenvalue weighted by Crippen LogP contribution is -2.16. The summed E-state index contributed by atoms with van der Waals surface area (Å²) in [7, 11) is 0. The SMILES string of the molecule is O=C(CSc1nnc(Cc2ccccc2)n1-c1ccccc1)Nc1ccc(Cl)c(C(F)(F)F)c1. The molecule has 1 amide bonds. The first-order valence-corrected chi connectivity index (χ1v) is 11.5. The summed E-state index contributed by atoms with van der Waals surface area (Å²) in [6.07, 6.45) is -4.08. The minimum atomic E-state index is -4.62. The molecule has 5 nitrogen and oxygen atoms in total. The number of nitrogens with zero attached hydrogens (tertiary/aromatic N) is 3. The lowest BCUT2D eigenvalue weighted by Gasteiger charge is -2.12. The molecule has 174 valence electrons. The highest BCUT2D eigenvalue weighted by molar-refractivity contribution is 7.99. The van der Waals surface area contributed by atoms with Crippen LogP contribution in [0.3, 0.4) is 0 Å². The Hall–Kier alpha value is -3.30. The van der Waals surface area contributed by atoms with Gasteiger partial charge in [0.2, 0.25) is 5.91 Å². The van der Waals surface area contributed by atoms with Crippen LogP contribution >= 0.6 is 23.4 Å². The van der Waals surface area contributed by atoms with Crippen LogP contribution in [0.25, 0.3) is 5.69 Å². The Labute approximate surface area is 203 Å². The van der Waals surface area contributed by atoms with Gasteiger partial charge in [0.1, 0.15) is 5.82 Å². The first-order chi connectivity index (χ1) is 16.3. The van der Waals surface area contributed by atoms with E-state index >= 15 is 0 Å². The zero-order valence-electron chi connectivity index (χ0n) is 17.6. The molecular weight excluding hydrogens is 485 g/mol. The number of para-hydroxylation sites is 1. The Morgan fingerprint density at radius 3 is 2.32 bits per heavy atom. The van der Waals surface area contributed by atoms with Crippen molar-refractivity contribution in [2.24, 2.45) is 0 Å². The molecule has 4 rings (SSSR count). The van der Waals surface area contributed by atoms with Crippen LogP contribution in [0.1, 0.15) is 17.0 Å². The van der Waals surface area contributed by atoms with Crippen LogP contribution in [0.15, 0.2) is 84.0 Å². The molecule has 0 atom stereocenters. The molecule has 0 aliphatic rings. The number of anilines is 1. The van der Waals surface area contributed by atoms with Gasteiger partial charge in [-0.05, 0) is 35.9 Å². The monoisotopic (exact) mass is 502 g/mol. The van der Waals surface area contributed by atoms with Gasteiger partial charge in [-0.15, -0.1) is 10.2 Å². The number of thioether (sulfide) groups is 1. The molecule has 0 aliphatic carbocycles. The minimum Gasteiger partial charge on any atom is -0.325 e. The van der Waals surface area contributed by atoms with E-state index in [0.29, 0.717) is 17.4 Å². The molecule has 0 radical (unpaired) electrons. The number of benzene rings is 3. The Kier molecular flexibility index (Phi) is 7.23. The maximum absolute atomic E-state index is 13.1. The number of aromatic nitrogens is 3. The molecule has 0 unspecified atom stereocenters. The maximum atomic E-state index is 13.1. The summed E-state index contributed by atoms with van der Waals surface area (Å²) >= 11 is 6.78. The summed E-state index contributed by atoms with van der Waals surface area (Å²) < 4.78 is 41.1. The lowest BCUT2D eigenvalue weighted by atomic mass is 10.1. The third kappa shape index (κ3) is 5.78. The number of hydrogen-bond donors (Lipinski definition) is 1. The third-order valence-electron chi connectivity index (χ3n) is 4.81. The van der Waals surface area contributed by atoms with Crippen molar-refractivity contribution in [1.82, 2.24) is 14.8 Å². The van der Waals surface area contributed by atoms with E-state index in [1.807, 2.05) is 65.2 Å². The Balaban J connectivity index is 1.51. The molecule has 10 heteroatoms.